The Morgan fingerprint density at radius 1 is 1.44 bits per heavy atom. The van der Waals surface area contributed by atoms with Gasteiger partial charge in [0.1, 0.15) is 6.61 Å². The molecule has 0 fully saturated rings. The van der Waals surface area contributed by atoms with Crippen LogP contribution in [-0.2, 0) is 19.0 Å². The summed E-state index contributed by atoms with van der Waals surface area (Å²) in [6.07, 6.45) is 2.50. The Morgan fingerprint density at radius 3 is 2.61 bits per heavy atom. The van der Waals surface area contributed by atoms with Crippen LogP contribution in [0.1, 0.15) is 20.8 Å². The van der Waals surface area contributed by atoms with Gasteiger partial charge in [-0.25, -0.2) is 4.79 Å². The summed E-state index contributed by atoms with van der Waals surface area (Å²) in [7, 11) is 0. The van der Waals surface area contributed by atoms with E-state index in [1.54, 1.807) is 13.0 Å². The highest BCUT2D eigenvalue weighted by atomic mass is 16.7. The first-order chi connectivity index (χ1) is 8.51. The van der Waals surface area contributed by atoms with Crippen LogP contribution >= 0.6 is 0 Å². The first-order valence-corrected chi connectivity index (χ1v) is 5.88. The summed E-state index contributed by atoms with van der Waals surface area (Å²) in [5.74, 6) is -0.892. The van der Waals surface area contributed by atoms with Crippen molar-refractivity contribution in [1.82, 2.24) is 0 Å². The molecule has 5 nitrogen and oxygen atoms in total. The minimum Gasteiger partial charge on any atom is -0.478 e. The minimum atomic E-state index is -0.913. The summed E-state index contributed by atoms with van der Waals surface area (Å²) in [5.41, 5.74) is 0.315. The lowest BCUT2D eigenvalue weighted by atomic mass is 10.1. The van der Waals surface area contributed by atoms with Crippen molar-refractivity contribution in [2.45, 2.75) is 27.1 Å². The molecule has 0 aromatic heterocycles. The zero-order valence-corrected chi connectivity index (χ0v) is 11.2. The summed E-state index contributed by atoms with van der Waals surface area (Å²) < 4.78 is 15.8. The summed E-state index contributed by atoms with van der Waals surface area (Å²) >= 11 is 0. The maximum Gasteiger partial charge on any atom is 0.330 e. The zero-order valence-electron chi connectivity index (χ0n) is 11.2. The van der Waals surface area contributed by atoms with E-state index in [2.05, 4.69) is 6.58 Å². The largest absolute Gasteiger partial charge is 0.478 e. The van der Waals surface area contributed by atoms with Crippen LogP contribution < -0.4 is 0 Å². The monoisotopic (exact) mass is 258 g/mol. The topological polar surface area (TPSA) is 65.0 Å². The van der Waals surface area contributed by atoms with Crippen LogP contribution in [0.25, 0.3) is 0 Å². The Morgan fingerprint density at radius 2 is 2.11 bits per heavy atom. The van der Waals surface area contributed by atoms with Gasteiger partial charge in [-0.2, -0.15) is 0 Å². The molecule has 1 N–H and O–H groups in total. The number of hydrogen-bond donors (Lipinski definition) is 1. The van der Waals surface area contributed by atoms with Gasteiger partial charge < -0.3 is 19.3 Å². The van der Waals surface area contributed by atoms with E-state index < -0.39 is 12.3 Å². The second kappa shape index (κ2) is 9.67. The number of carboxylic acid groups (broad SMARTS) is 1. The average molecular weight is 258 g/mol. The molecule has 0 saturated carbocycles. The second-order valence-corrected chi connectivity index (χ2v) is 3.86. The van der Waals surface area contributed by atoms with Gasteiger partial charge in [0.05, 0.1) is 12.9 Å². The van der Waals surface area contributed by atoms with Crippen molar-refractivity contribution in [3.05, 3.63) is 24.5 Å². The molecule has 0 aromatic carbocycles. The molecule has 18 heavy (non-hydrogen) atoms. The van der Waals surface area contributed by atoms with Crippen LogP contribution in [0, 0.1) is 5.92 Å². The quantitative estimate of drug-likeness (QED) is 0.369. The van der Waals surface area contributed by atoms with E-state index in [4.69, 9.17) is 19.3 Å². The second-order valence-electron chi connectivity index (χ2n) is 3.86. The molecule has 2 atom stereocenters. The molecule has 104 valence electrons. The predicted molar refractivity (Wildman–Crippen MR) is 68.1 cm³/mol. The smallest absolute Gasteiger partial charge is 0.330 e. The van der Waals surface area contributed by atoms with Crippen LogP contribution in [0.3, 0.4) is 0 Å². The fourth-order valence-corrected chi connectivity index (χ4v) is 1.32. The van der Waals surface area contributed by atoms with Gasteiger partial charge in [0, 0.05) is 12.2 Å². The maximum absolute atomic E-state index is 10.6. The van der Waals surface area contributed by atoms with Crippen molar-refractivity contribution in [2.75, 3.05) is 19.8 Å². The summed E-state index contributed by atoms with van der Waals surface area (Å²) in [4.78, 5) is 10.6. The van der Waals surface area contributed by atoms with Crippen molar-refractivity contribution in [3.8, 4) is 0 Å². The van der Waals surface area contributed by atoms with Gasteiger partial charge in [0.15, 0.2) is 0 Å². The number of ether oxygens (including phenoxy) is 3. The van der Waals surface area contributed by atoms with Crippen LogP contribution in [0.4, 0.5) is 0 Å². The predicted octanol–water partition coefficient (Wildman–Crippen LogP) is 2.19. The fourth-order valence-electron chi connectivity index (χ4n) is 1.32. The summed E-state index contributed by atoms with van der Waals surface area (Å²) in [6, 6.07) is 0. The van der Waals surface area contributed by atoms with Crippen molar-refractivity contribution in [1.29, 1.82) is 0 Å². The zero-order chi connectivity index (χ0) is 14.0. The van der Waals surface area contributed by atoms with Gasteiger partial charge in [-0.1, -0.05) is 19.6 Å². The number of carbonyl (C=O) groups is 1. The van der Waals surface area contributed by atoms with Crippen LogP contribution in [0.2, 0.25) is 0 Å². The molecule has 0 heterocycles. The lowest BCUT2D eigenvalue weighted by molar-refractivity contribution is -0.141. The normalized spacial score (nSPS) is 14.9. The molecule has 2 unspecified atom stereocenters. The first-order valence-electron chi connectivity index (χ1n) is 5.88. The molecule has 0 aliphatic rings. The standard InChI is InChI=1S/C13H22O5/c1-5-17-12(18-6-2)9-16-8-10(3)7-11(4)13(14)15/h5,7,10,12H,1,6,8-9H2,2-4H3,(H,14,15). The molecule has 0 bridgehead atoms. The summed E-state index contributed by atoms with van der Waals surface area (Å²) in [6.45, 7) is 9.97. The first kappa shape index (κ1) is 16.7. The highest BCUT2D eigenvalue weighted by Crippen LogP contribution is 2.05. The molecule has 5 heteroatoms. The van der Waals surface area contributed by atoms with Gasteiger partial charge in [-0.15, -0.1) is 0 Å². The molecular weight excluding hydrogens is 236 g/mol. The Labute approximate surface area is 108 Å². The molecule has 0 aliphatic heterocycles. The van der Waals surface area contributed by atoms with Crippen LogP contribution in [0.15, 0.2) is 24.5 Å². The van der Waals surface area contributed by atoms with E-state index in [-0.39, 0.29) is 12.5 Å². The molecule has 0 aromatic rings. The highest BCUT2D eigenvalue weighted by molar-refractivity contribution is 5.85. The van der Waals surface area contributed by atoms with E-state index in [9.17, 15) is 4.79 Å². The summed E-state index contributed by atoms with van der Waals surface area (Å²) in [5, 5.41) is 8.72. The third kappa shape index (κ3) is 7.86. The number of aliphatic carboxylic acids is 1. The Balaban J connectivity index is 3.97. The molecule has 0 aliphatic carbocycles. The molecule has 0 spiro atoms. The lowest BCUT2D eigenvalue weighted by Crippen LogP contribution is -2.22. The van der Waals surface area contributed by atoms with Crippen LogP contribution in [0.5, 0.6) is 0 Å². The molecule has 0 saturated heterocycles. The van der Waals surface area contributed by atoms with E-state index in [1.807, 2.05) is 13.8 Å². The molecule has 0 amide bonds. The number of hydrogen-bond acceptors (Lipinski definition) is 4. The number of carboxylic acids is 1. The van der Waals surface area contributed by atoms with Gasteiger partial charge in [0.2, 0.25) is 6.29 Å². The van der Waals surface area contributed by atoms with Crippen molar-refractivity contribution < 1.29 is 24.1 Å². The third-order valence-corrected chi connectivity index (χ3v) is 2.11. The van der Waals surface area contributed by atoms with Crippen LogP contribution in [-0.4, -0.2) is 37.2 Å². The average Bonchev–Trinajstić information content (AvgIpc) is 2.29. The number of rotatable bonds is 10. The van der Waals surface area contributed by atoms with Crippen molar-refractivity contribution in [3.63, 3.8) is 0 Å². The van der Waals surface area contributed by atoms with E-state index >= 15 is 0 Å². The van der Waals surface area contributed by atoms with Gasteiger partial charge in [0.25, 0.3) is 0 Å². The van der Waals surface area contributed by atoms with Crippen molar-refractivity contribution >= 4 is 5.97 Å². The fraction of sp³-hybridized carbons (Fsp3) is 0.615. The Hall–Kier alpha value is -1.33. The molecular formula is C13H22O5. The maximum atomic E-state index is 10.6. The van der Waals surface area contributed by atoms with E-state index in [0.29, 0.717) is 18.8 Å². The lowest BCUT2D eigenvalue weighted by Gasteiger charge is -2.17. The van der Waals surface area contributed by atoms with Crippen molar-refractivity contribution in [2.24, 2.45) is 5.92 Å². The van der Waals surface area contributed by atoms with Gasteiger partial charge in [-0.05, 0) is 19.8 Å². The minimum absolute atomic E-state index is 0.0205. The van der Waals surface area contributed by atoms with E-state index in [1.165, 1.54) is 6.26 Å². The SMILES string of the molecule is C=COC(COCC(C)C=C(C)C(=O)O)OCC. The van der Waals surface area contributed by atoms with E-state index in [0.717, 1.165) is 0 Å². The molecule has 0 radical (unpaired) electrons. The van der Waals surface area contributed by atoms with Gasteiger partial charge >= 0.3 is 5.97 Å². The Bertz CT molecular complexity index is 285. The Kier molecular flexibility index (Phi) is 8.96. The van der Waals surface area contributed by atoms with Gasteiger partial charge in [-0.3, -0.25) is 0 Å². The molecule has 0 rings (SSSR count). The third-order valence-electron chi connectivity index (χ3n) is 2.11. The highest BCUT2D eigenvalue weighted by Gasteiger charge is 2.09.